The number of nitrogens with zero attached hydrogens (tertiary/aromatic N) is 1. The van der Waals surface area contributed by atoms with Crippen molar-refractivity contribution in [3.63, 3.8) is 0 Å². The van der Waals surface area contributed by atoms with Gasteiger partial charge in [-0.05, 0) is 17.5 Å². The number of aromatic nitrogens is 1. The van der Waals surface area contributed by atoms with Gasteiger partial charge in [-0.15, -0.1) is 6.42 Å². The molecule has 0 atom stereocenters. The molecule has 0 aromatic carbocycles. The Kier molecular flexibility index (Phi) is 2.28. The molecule has 0 saturated heterocycles. The summed E-state index contributed by atoms with van der Waals surface area (Å²) in [5.41, 5.74) is 2.10. The molecule has 1 nitrogen and oxygen atoms in total. The van der Waals surface area contributed by atoms with E-state index in [4.69, 9.17) is 6.42 Å². The van der Waals surface area contributed by atoms with E-state index in [1.165, 1.54) is 0 Å². The van der Waals surface area contributed by atoms with Gasteiger partial charge in [-0.1, -0.05) is 19.8 Å². The minimum Gasteiger partial charge on any atom is -0.264 e. The largest absolute Gasteiger partial charge is 0.264 e. The minimum absolute atomic E-state index is 0.453. The molecule has 0 N–H and O–H groups in total. The molecule has 0 radical (unpaired) electrons. The van der Waals surface area contributed by atoms with Gasteiger partial charge in [0.1, 0.15) is 0 Å². The molecule has 1 rings (SSSR count). The maximum Gasteiger partial charge on any atom is 0.0314 e. The van der Waals surface area contributed by atoms with Gasteiger partial charge in [-0.25, -0.2) is 0 Å². The second-order valence-corrected chi connectivity index (χ2v) is 2.76. The molecule has 56 valence electrons. The van der Waals surface area contributed by atoms with Gasteiger partial charge in [0.2, 0.25) is 0 Å². The molecular formula is C10H11N. The van der Waals surface area contributed by atoms with Gasteiger partial charge in [0.15, 0.2) is 0 Å². The topological polar surface area (TPSA) is 12.9 Å². The highest BCUT2D eigenvalue weighted by atomic mass is 14.6. The monoisotopic (exact) mass is 145 g/mol. The highest BCUT2D eigenvalue weighted by molar-refractivity contribution is 5.39. The predicted octanol–water partition coefficient (Wildman–Crippen LogP) is 2.19. The molecule has 0 aliphatic rings. The maximum absolute atomic E-state index is 5.31. The zero-order valence-corrected chi connectivity index (χ0v) is 6.83. The zero-order chi connectivity index (χ0) is 8.27. The summed E-state index contributed by atoms with van der Waals surface area (Å²) in [7, 11) is 0. The van der Waals surface area contributed by atoms with Crippen LogP contribution >= 0.6 is 0 Å². The average molecular weight is 145 g/mol. The Labute approximate surface area is 67.5 Å². The van der Waals surface area contributed by atoms with Crippen molar-refractivity contribution in [1.29, 1.82) is 0 Å². The van der Waals surface area contributed by atoms with Crippen molar-refractivity contribution < 1.29 is 0 Å². The third kappa shape index (κ3) is 1.59. The lowest BCUT2D eigenvalue weighted by Gasteiger charge is -2.05. The molecule has 0 unspecified atom stereocenters. The quantitative estimate of drug-likeness (QED) is 0.552. The molecule has 1 heterocycles. The maximum atomic E-state index is 5.31. The van der Waals surface area contributed by atoms with Crippen molar-refractivity contribution in [3.8, 4) is 12.3 Å². The fraction of sp³-hybridized carbons (Fsp3) is 0.300. The van der Waals surface area contributed by atoms with Crippen LogP contribution in [0.4, 0.5) is 0 Å². The van der Waals surface area contributed by atoms with Crippen molar-refractivity contribution in [1.82, 2.24) is 4.98 Å². The molecule has 0 bridgehead atoms. The first kappa shape index (κ1) is 7.81. The van der Waals surface area contributed by atoms with E-state index in [0.717, 1.165) is 11.1 Å². The predicted molar refractivity (Wildman–Crippen MR) is 46.3 cm³/mol. The van der Waals surface area contributed by atoms with E-state index in [1.807, 2.05) is 12.3 Å². The fourth-order valence-corrected chi connectivity index (χ4v) is 0.998. The Balaban J connectivity index is 3.15. The number of rotatable bonds is 1. The van der Waals surface area contributed by atoms with E-state index < -0.39 is 0 Å². The molecule has 1 heteroatoms. The van der Waals surface area contributed by atoms with Crippen LogP contribution in [0.2, 0.25) is 0 Å². The summed E-state index contributed by atoms with van der Waals surface area (Å²) in [6.07, 6.45) is 8.87. The van der Waals surface area contributed by atoms with Gasteiger partial charge in [-0.2, -0.15) is 0 Å². The van der Waals surface area contributed by atoms with Gasteiger partial charge in [0, 0.05) is 18.0 Å². The van der Waals surface area contributed by atoms with Crippen LogP contribution in [0.3, 0.4) is 0 Å². The molecular weight excluding hydrogens is 134 g/mol. The molecule has 0 aliphatic heterocycles. The second kappa shape index (κ2) is 3.21. The Bertz CT molecular complexity index is 281. The first-order valence-electron chi connectivity index (χ1n) is 3.66. The van der Waals surface area contributed by atoms with E-state index in [1.54, 1.807) is 6.20 Å². The van der Waals surface area contributed by atoms with E-state index >= 15 is 0 Å². The number of pyridine rings is 1. The smallest absolute Gasteiger partial charge is 0.0314 e. The van der Waals surface area contributed by atoms with Crippen LogP contribution in [0.15, 0.2) is 18.5 Å². The van der Waals surface area contributed by atoms with Crippen LogP contribution in [0.1, 0.15) is 30.9 Å². The summed E-state index contributed by atoms with van der Waals surface area (Å²) in [5.74, 6) is 3.09. The van der Waals surface area contributed by atoms with Crippen molar-refractivity contribution in [2.75, 3.05) is 0 Å². The second-order valence-electron chi connectivity index (χ2n) is 2.76. The van der Waals surface area contributed by atoms with Crippen LogP contribution in [-0.4, -0.2) is 4.98 Å². The van der Waals surface area contributed by atoms with Gasteiger partial charge in [0.25, 0.3) is 0 Å². The van der Waals surface area contributed by atoms with Crippen molar-refractivity contribution in [2.24, 2.45) is 0 Å². The molecule has 11 heavy (non-hydrogen) atoms. The summed E-state index contributed by atoms with van der Waals surface area (Å²) < 4.78 is 0. The Morgan fingerprint density at radius 1 is 1.55 bits per heavy atom. The van der Waals surface area contributed by atoms with Gasteiger partial charge < -0.3 is 0 Å². The molecule has 0 spiro atoms. The standard InChI is InChI=1S/C10H11N/c1-4-9-5-6-11-7-10(9)8(2)3/h1,5-8H,2-3H3. The van der Waals surface area contributed by atoms with Crippen LogP contribution in [-0.2, 0) is 0 Å². The number of terminal acetylenes is 1. The SMILES string of the molecule is C#Cc1ccncc1C(C)C. The highest BCUT2D eigenvalue weighted by Gasteiger charge is 2.02. The minimum atomic E-state index is 0.453. The summed E-state index contributed by atoms with van der Waals surface area (Å²) >= 11 is 0. The summed E-state index contributed by atoms with van der Waals surface area (Å²) in [5, 5.41) is 0. The molecule has 0 amide bonds. The Hall–Kier alpha value is -1.29. The Morgan fingerprint density at radius 3 is 2.73 bits per heavy atom. The van der Waals surface area contributed by atoms with E-state index in [2.05, 4.69) is 24.8 Å². The third-order valence-electron chi connectivity index (χ3n) is 1.63. The number of hydrogen-bond acceptors (Lipinski definition) is 1. The van der Waals surface area contributed by atoms with Crippen LogP contribution in [0.25, 0.3) is 0 Å². The fourth-order valence-electron chi connectivity index (χ4n) is 0.998. The van der Waals surface area contributed by atoms with Gasteiger partial charge in [-0.3, -0.25) is 4.98 Å². The zero-order valence-electron chi connectivity index (χ0n) is 6.83. The number of hydrogen-bond donors (Lipinski definition) is 0. The van der Waals surface area contributed by atoms with Crippen LogP contribution in [0.5, 0.6) is 0 Å². The summed E-state index contributed by atoms with van der Waals surface area (Å²) in [6, 6.07) is 1.87. The summed E-state index contributed by atoms with van der Waals surface area (Å²) in [6.45, 7) is 4.22. The van der Waals surface area contributed by atoms with Crippen LogP contribution in [0, 0.1) is 12.3 Å². The normalized spacial score (nSPS) is 9.64. The van der Waals surface area contributed by atoms with E-state index in [-0.39, 0.29) is 0 Å². The average Bonchev–Trinajstić information content (AvgIpc) is 2.04. The molecule has 0 saturated carbocycles. The van der Waals surface area contributed by atoms with E-state index in [0.29, 0.717) is 5.92 Å². The molecule has 0 fully saturated rings. The lowest BCUT2D eigenvalue weighted by atomic mass is 10.0. The lowest BCUT2D eigenvalue weighted by molar-refractivity contribution is 0.854. The highest BCUT2D eigenvalue weighted by Crippen LogP contribution is 2.16. The van der Waals surface area contributed by atoms with Crippen molar-refractivity contribution in [3.05, 3.63) is 29.6 Å². The first-order chi connectivity index (χ1) is 5.25. The first-order valence-corrected chi connectivity index (χ1v) is 3.66. The third-order valence-corrected chi connectivity index (χ3v) is 1.63. The molecule has 0 aliphatic carbocycles. The molecule has 1 aromatic rings. The van der Waals surface area contributed by atoms with Crippen molar-refractivity contribution >= 4 is 0 Å². The molecule has 1 aromatic heterocycles. The Morgan fingerprint density at radius 2 is 2.27 bits per heavy atom. The van der Waals surface area contributed by atoms with E-state index in [9.17, 15) is 0 Å². The van der Waals surface area contributed by atoms with Gasteiger partial charge >= 0.3 is 0 Å². The van der Waals surface area contributed by atoms with Crippen LogP contribution < -0.4 is 0 Å². The lowest BCUT2D eigenvalue weighted by Crippen LogP contribution is -1.92. The summed E-state index contributed by atoms with van der Waals surface area (Å²) in [4.78, 5) is 4.02. The van der Waals surface area contributed by atoms with Gasteiger partial charge in [0.05, 0.1) is 0 Å². The van der Waals surface area contributed by atoms with Crippen molar-refractivity contribution in [2.45, 2.75) is 19.8 Å².